The maximum absolute atomic E-state index is 13.6. The molecule has 0 saturated heterocycles. The van der Waals surface area contributed by atoms with Gasteiger partial charge >= 0.3 is 0 Å². The van der Waals surface area contributed by atoms with Gasteiger partial charge in [0, 0.05) is 11.0 Å². The Morgan fingerprint density at radius 2 is 1.92 bits per heavy atom. The highest BCUT2D eigenvalue weighted by molar-refractivity contribution is 8.00. The van der Waals surface area contributed by atoms with Crippen molar-refractivity contribution in [3.05, 3.63) is 53.6 Å². The molecule has 2 aromatic carbocycles. The number of nitrogens with one attached hydrogen (secondary N) is 1. The third-order valence-electron chi connectivity index (χ3n) is 3.70. The molecule has 0 unspecified atom stereocenters. The number of benzene rings is 2. The molecule has 0 saturated carbocycles. The number of fused-ring (bicyclic) bond motifs is 1. The number of amides is 1. The zero-order chi connectivity index (χ0) is 17.8. The minimum absolute atomic E-state index is 0.0391. The summed E-state index contributed by atoms with van der Waals surface area (Å²) in [5.74, 6) is -0.159. The van der Waals surface area contributed by atoms with Gasteiger partial charge in [-0.1, -0.05) is 6.07 Å². The van der Waals surface area contributed by atoms with E-state index in [0.717, 1.165) is 23.4 Å². The molecular formula is C18H17F2NO3S. The number of carbonyl (C=O) groups excluding carboxylic acids is 1. The van der Waals surface area contributed by atoms with Crippen molar-refractivity contribution in [2.75, 3.05) is 19.0 Å². The zero-order valence-corrected chi connectivity index (χ0v) is 14.4. The average Bonchev–Trinajstić information content (AvgIpc) is 2.60. The molecule has 0 spiro atoms. The molecule has 1 aliphatic rings. The number of halogens is 2. The fraction of sp³-hybridized carbons (Fsp3) is 0.278. The first kappa shape index (κ1) is 17.5. The Balaban J connectivity index is 1.57. The molecule has 0 bridgehead atoms. The van der Waals surface area contributed by atoms with E-state index < -0.39 is 11.6 Å². The third-order valence-corrected chi connectivity index (χ3v) is 4.75. The maximum Gasteiger partial charge on any atom is 0.230 e. The Labute approximate surface area is 148 Å². The molecule has 7 heteroatoms. The van der Waals surface area contributed by atoms with E-state index in [9.17, 15) is 13.6 Å². The van der Waals surface area contributed by atoms with Crippen molar-refractivity contribution in [3.8, 4) is 11.5 Å². The smallest absolute Gasteiger partial charge is 0.230 e. The Morgan fingerprint density at radius 1 is 1.16 bits per heavy atom. The van der Waals surface area contributed by atoms with Crippen LogP contribution in [0, 0.1) is 11.6 Å². The first-order chi connectivity index (χ1) is 12.0. The molecule has 25 heavy (non-hydrogen) atoms. The lowest BCUT2D eigenvalue weighted by Crippen LogP contribution is -2.28. The molecule has 0 fully saturated rings. The Kier molecular flexibility index (Phi) is 5.43. The lowest BCUT2D eigenvalue weighted by atomic mass is 10.1. The second-order valence-corrected chi connectivity index (χ2v) is 6.57. The number of hydrogen-bond donors (Lipinski definition) is 1. The molecule has 132 valence electrons. The van der Waals surface area contributed by atoms with Crippen LogP contribution in [0.2, 0.25) is 0 Å². The highest BCUT2D eigenvalue weighted by Gasteiger charge is 2.16. The number of ether oxygens (including phenoxy) is 2. The number of thioether (sulfide) groups is 1. The van der Waals surface area contributed by atoms with Crippen LogP contribution in [-0.4, -0.2) is 24.9 Å². The van der Waals surface area contributed by atoms with Crippen molar-refractivity contribution in [1.29, 1.82) is 0 Å². The van der Waals surface area contributed by atoms with Gasteiger partial charge in [-0.25, -0.2) is 8.78 Å². The van der Waals surface area contributed by atoms with Gasteiger partial charge in [0.05, 0.1) is 11.8 Å². The number of rotatable bonds is 5. The van der Waals surface area contributed by atoms with E-state index in [1.165, 1.54) is 12.1 Å². The van der Waals surface area contributed by atoms with Crippen molar-refractivity contribution in [2.24, 2.45) is 0 Å². The van der Waals surface area contributed by atoms with Crippen LogP contribution in [-0.2, 0) is 4.79 Å². The van der Waals surface area contributed by atoms with E-state index in [-0.39, 0.29) is 22.6 Å². The van der Waals surface area contributed by atoms with Gasteiger partial charge in [0.25, 0.3) is 0 Å². The topological polar surface area (TPSA) is 47.6 Å². The first-order valence-electron chi connectivity index (χ1n) is 7.79. The van der Waals surface area contributed by atoms with Crippen LogP contribution in [0.25, 0.3) is 0 Å². The molecule has 1 aliphatic heterocycles. The summed E-state index contributed by atoms with van der Waals surface area (Å²) < 4.78 is 37.5. The third kappa shape index (κ3) is 4.42. The van der Waals surface area contributed by atoms with Gasteiger partial charge in [-0.3, -0.25) is 4.79 Å². The summed E-state index contributed by atoms with van der Waals surface area (Å²) in [5, 5.41) is 2.85. The monoisotopic (exact) mass is 365 g/mol. The number of carbonyl (C=O) groups is 1. The quantitative estimate of drug-likeness (QED) is 0.821. The van der Waals surface area contributed by atoms with Gasteiger partial charge in [-0.2, -0.15) is 0 Å². The van der Waals surface area contributed by atoms with E-state index in [1.54, 1.807) is 0 Å². The van der Waals surface area contributed by atoms with Gasteiger partial charge in [0.15, 0.2) is 11.5 Å². The van der Waals surface area contributed by atoms with Crippen molar-refractivity contribution in [3.63, 3.8) is 0 Å². The van der Waals surface area contributed by atoms with Gasteiger partial charge in [0.1, 0.15) is 24.8 Å². The summed E-state index contributed by atoms with van der Waals surface area (Å²) in [6, 6.07) is 8.58. The second kappa shape index (κ2) is 7.74. The molecule has 0 radical (unpaired) electrons. The lowest BCUT2D eigenvalue weighted by molar-refractivity contribution is -0.119. The van der Waals surface area contributed by atoms with Crippen LogP contribution in [0.15, 0.2) is 41.3 Å². The summed E-state index contributed by atoms with van der Waals surface area (Å²) in [6.45, 7) is 2.87. The normalized spacial score (nSPS) is 14.0. The average molecular weight is 365 g/mol. The van der Waals surface area contributed by atoms with E-state index in [2.05, 4.69) is 5.32 Å². The highest BCUT2D eigenvalue weighted by Crippen LogP contribution is 2.32. The van der Waals surface area contributed by atoms with Crippen molar-refractivity contribution in [1.82, 2.24) is 5.32 Å². The van der Waals surface area contributed by atoms with E-state index in [1.807, 2.05) is 25.1 Å². The molecule has 3 rings (SSSR count). The minimum Gasteiger partial charge on any atom is -0.486 e. The summed E-state index contributed by atoms with van der Waals surface area (Å²) >= 11 is 1.03. The molecule has 2 aromatic rings. The lowest BCUT2D eigenvalue weighted by Gasteiger charge is -2.21. The largest absolute Gasteiger partial charge is 0.486 e. The molecule has 0 aromatic heterocycles. The predicted octanol–water partition coefficient (Wildman–Crippen LogP) is 3.71. The molecule has 1 heterocycles. The Bertz CT molecular complexity index is 785. The molecule has 1 atom stereocenters. The second-order valence-electron chi connectivity index (χ2n) is 5.56. The molecule has 0 aliphatic carbocycles. The highest BCUT2D eigenvalue weighted by atomic mass is 32.2. The minimum atomic E-state index is -0.669. The van der Waals surface area contributed by atoms with Gasteiger partial charge in [-0.15, -0.1) is 11.8 Å². The van der Waals surface area contributed by atoms with Crippen LogP contribution in [0.5, 0.6) is 11.5 Å². The van der Waals surface area contributed by atoms with E-state index in [4.69, 9.17) is 9.47 Å². The summed E-state index contributed by atoms with van der Waals surface area (Å²) in [4.78, 5) is 12.3. The van der Waals surface area contributed by atoms with Crippen LogP contribution < -0.4 is 14.8 Å². The Morgan fingerprint density at radius 3 is 2.68 bits per heavy atom. The standard InChI is InChI=1S/C18H17F2NO3S/c1-11(12-2-4-15-16(8-12)24-7-6-23-15)21-18(22)10-25-17-5-3-13(19)9-14(17)20/h2-5,8-9,11H,6-7,10H2,1H3,(H,21,22)/t11-/m0/s1. The van der Waals surface area contributed by atoms with Gasteiger partial charge in [-0.05, 0) is 36.8 Å². The predicted molar refractivity (Wildman–Crippen MR) is 91.1 cm³/mol. The fourth-order valence-corrected chi connectivity index (χ4v) is 3.16. The van der Waals surface area contributed by atoms with E-state index >= 15 is 0 Å². The van der Waals surface area contributed by atoms with Crippen LogP contribution in [0.3, 0.4) is 0 Å². The van der Waals surface area contributed by atoms with Gasteiger partial charge in [0.2, 0.25) is 5.91 Å². The number of hydrogen-bond acceptors (Lipinski definition) is 4. The molecule has 1 amide bonds. The summed E-state index contributed by atoms with van der Waals surface area (Å²) in [5.41, 5.74) is 0.885. The first-order valence-corrected chi connectivity index (χ1v) is 8.78. The summed E-state index contributed by atoms with van der Waals surface area (Å²) in [7, 11) is 0. The molecule has 1 N–H and O–H groups in total. The van der Waals surface area contributed by atoms with Crippen LogP contribution >= 0.6 is 11.8 Å². The fourth-order valence-electron chi connectivity index (χ4n) is 2.43. The summed E-state index contributed by atoms with van der Waals surface area (Å²) in [6.07, 6.45) is 0. The zero-order valence-electron chi connectivity index (χ0n) is 13.6. The van der Waals surface area contributed by atoms with E-state index in [0.29, 0.717) is 24.7 Å². The van der Waals surface area contributed by atoms with Crippen LogP contribution in [0.1, 0.15) is 18.5 Å². The van der Waals surface area contributed by atoms with Crippen LogP contribution in [0.4, 0.5) is 8.78 Å². The van der Waals surface area contributed by atoms with Gasteiger partial charge < -0.3 is 14.8 Å². The SMILES string of the molecule is C[C@H](NC(=O)CSc1ccc(F)cc1F)c1ccc2c(c1)OCCO2. The van der Waals surface area contributed by atoms with Crippen molar-refractivity contribution in [2.45, 2.75) is 17.9 Å². The van der Waals surface area contributed by atoms with Crippen molar-refractivity contribution >= 4 is 17.7 Å². The molecule has 4 nitrogen and oxygen atoms in total. The van der Waals surface area contributed by atoms with Crippen molar-refractivity contribution < 1.29 is 23.0 Å². The molecular weight excluding hydrogens is 348 g/mol. The Hall–Kier alpha value is -2.28. The maximum atomic E-state index is 13.6.